The Morgan fingerprint density at radius 2 is 1.88 bits per heavy atom. The van der Waals surface area contributed by atoms with Crippen molar-refractivity contribution in [1.29, 1.82) is 0 Å². The van der Waals surface area contributed by atoms with Crippen molar-refractivity contribution in [3.8, 4) is 0 Å². The summed E-state index contributed by atoms with van der Waals surface area (Å²) in [6.07, 6.45) is 2.89. The van der Waals surface area contributed by atoms with E-state index in [-0.39, 0.29) is 15.5 Å². The fourth-order valence-electron chi connectivity index (χ4n) is 2.03. The van der Waals surface area contributed by atoms with Crippen molar-refractivity contribution < 1.29 is 22.7 Å². The van der Waals surface area contributed by atoms with E-state index >= 15 is 0 Å². The van der Waals surface area contributed by atoms with Gasteiger partial charge >= 0.3 is 5.97 Å². The van der Waals surface area contributed by atoms with Crippen LogP contribution < -0.4 is 5.32 Å². The number of anilines is 1. The highest BCUT2D eigenvalue weighted by Gasteiger charge is 2.18. The number of carbonyl (C=O) groups is 2. The molecule has 0 aliphatic rings. The minimum absolute atomic E-state index is 0.0375. The van der Waals surface area contributed by atoms with Gasteiger partial charge in [-0.25, -0.2) is 13.2 Å². The minimum atomic E-state index is -3.50. The third kappa shape index (κ3) is 5.23. The molecule has 9 heteroatoms. The first kappa shape index (κ1) is 20.3. The number of ether oxygens (including phenoxy) is 1. The van der Waals surface area contributed by atoms with Crippen LogP contribution in [0.4, 0.5) is 5.69 Å². The summed E-state index contributed by atoms with van der Waals surface area (Å²) in [6, 6.07) is 10.9. The van der Waals surface area contributed by atoms with Crippen molar-refractivity contribution in [3.05, 3.63) is 53.1 Å². The second kappa shape index (κ2) is 8.57. The van der Waals surface area contributed by atoms with Gasteiger partial charge in [0.1, 0.15) is 0 Å². The molecule has 0 unspecified atom stereocenters. The molecule has 2 aromatic rings. The van der Waals surface area contributed by atoms with Gasteiger partial charge in [0.2, 0.25) is 0 Å². The van der Waals surface area contributed by atoms with Crippen molar-refractivity contribution in [2.45, 2.75) is 9.79 Å². The standard InChI is InChI=1S/C17H16ClNO5S2/c1-25-15-6-4-3-5-14(15)19-16(20)10-24-17(21)12-9-11(26(2,22)23)7-8-13(12)18/h3-9H,10H2,1-2H3,(H,19,20). The van der Waals surface area contributed by atoms with Crippen LogP contribution in [0.3, 0.4) is 0 Å². The molecule has 0 spiro atoms. The number of esters is 1. The first-order valence-electron chi connectivity index (χ1n) is 7.32. The summed E-state index contributed by atoms with van der Waals surface area (Å²) >= 11 is 7.39. The Kier molecular flexibility index (Phi) is 6.69. The average molecular weight is 414 g/mol. The lowest BCUT2D eigenvalue weighted by atomic mass is 10.2. The maximum Gasteiger partial charge on any atom is 0.340 e. The van der Waals surface area contributed by atoms with E-state index in [2.05, 4.69) is 5.32 Å². The number of benzene rings is 2. The predicted molar refractivity (Wildman–Crippen MR) is 102 cm³/mol. The number of amides is 1. The summed E-state index contributed by atoms with van der Waals surface area (Å²) in [6.45, 7) is -0.527. The van der Waals surface area contributed by atoms with Gasteiger partial charge in [0, 0.05) is 11.2 Å². The van der Waals surface area contributed by atoms with Gasteiger partial charge in [-0.3, -0.25) is 4.79 Å². The Labute approximate surface area is 160 Å². The zero-order valence-corrected chi connectivity index (χ0v) is 16.4. The summed E-state index contributed by atoms with van der Waals surface area (Å²) < 4.78 is 28.1. The molecule has 0 aliphatic heterocycles. The number of carbonyl (C=O) groups excluding carboxylic acids is 2. The first-order valence-corrected chi connectivity index (χ1v) is 10.8. The maximum atomic E-state index is 12.1. The van der Waals surface area contributed by atoms with Crippen LogP contribution in [0.2, 0.25) is 5.02 Å². The molecular weight excluding hydrogens is 398 g/mol. The van der Waals surface area contributed by atoms with Gasteiger partial charge in [0.25, 0.3) is 5.91 Å². The molecule has 0 aliphatic carbocycles. The molecule has 0 aromatic heterocycles. The van der Waals surface area contributed by atoms with E-state index in [1.165, 1.54) is 23.9 Å². The quantitative estimate of drug-likeness (QED) is 0.577. The fraction of sp³-hybridized carbons (Fsp3) is 0.176. The molecule has 1 N–H and O–H groups in total. The van der Waals surface area contributed by atoms with Crippen LogP contribution in [0.1, 0.15) is 10.4 Å². The van der Waals surface area contributed by atoms with Crippen LogP contribution in [0.5, 0.6) is 0 Å². The van der Waals surface area contributed by atoms with Crippen LogP contribution in [0.15, 0.2) is 52.3 Å². The third-order valence-corrected chi connectivity index (χ3v) is 5.54. The lowest BCUT2D eigenvalue weighted by Crippen LogP contribution is -2.21. The highest BCUT2D eigenvalue weighted by atomic mass is 35.5. The summed E-state index contributed by atoms with van der Waals surface area (Å²) in [7, 11) is -3.50. The number of halogens is 1. The van der Waals surface area contributed by atoms with Gasteiger partial charge < -0.3 is 10.1 Å². The Bertz CT molecular complexity index is 944. The molecule has 2 rings (SSSR count). The Balaban J connectivity index is 2.06. The fourth-order valence-corrected chi connectivity index (χ4v) is 3.43. The van der Waals surface area contributed by atoms with Gasteiger partial charge in [-0.15, -0.1) is 11.8 Å². The molecule has 0 saturated carbocycles. The molecule has 0 radical (unpaired) electrons. The molecule has 0 fully saturated rings. The maximum absolute atomic E-state index is 12.1. The lowest BCUT2D eigenvalue weighted by molar-refractivity contribution is -0.119. The van der Waals surface area contributed by atoms with E-state index < -0.39 is 28.3 Å². The third-order valence-electron chi connectivity index (χ3n) is 3.30. The molecule has 1 amide bonds. The summed E-state index contributed by atoms with van der Waals surface area (Å²) in [5.74, 6) is -1.40. The molecule has 0 heterocycles. The van der Waals surface area contributed by atoms with E-state index in [0.717, 1.165) is 17.2 Å². The van der Waals surface area contributed by atoms with Crippen molar-refractivity contribution in [2.75, 3.05) is 24.4 Å². The van der Waals surface area contributed by atoms with Crippen molar-refractivity contribution in [3.63, 3.8) is 0 Å². The van der Waals surface area contributed by atoms with Gasteiger partial charge in [-0.05, 0) is 36.6 Å². The minimum Gasteiger partial charge on any atom is -0.452 e. The lowest BCUT2D eigenvalue weighted by Gasteiger charge is -2.10. The molecule has 0 bridgehead atoms. The zero-order chi connectivity index (χ0) is 19.3. The predicted octanol–water partition coefficient (Wildman–Crippen LogP) is 3.26. The van der Waals surface area contributed by atoms with Crippen LogP contribution in [-0.2, 0) is 19.4 Å². The second-order valence-electron chi connectivity index (χ2n) is 5.24. The highest BCUT2D eigenvalue weighted by Crippen LogP contribution is 2.24. The van der Waals surface area contributed by atoms with Crippen molar-refractivity contribution >= 4 is 50.8 Å². The summed E-state index contributed by atoms with van der Waals surface area (Å²) in [5.41, 5.74) is 0.491. The zero-order valence-electron chi connectivity index (χ0n) is 14.0. The Morgan fingerprint density at radius 3 is 2.54 bits per heavy atom. The largest absolute Gasteiger partial charge is 0.452 e. The van der Waals surface area contributed by atoms with E-state index in [0.29, 0.717) is 5.69 Å². The second-order valence-corrected chi connectivity index (χ2v) is 8.51. The van der Waals surface area contributed by atoms with Gasteiger partial charge in [0.05, 0.1) is 21.2 Å². The first-order chi connectivity index (χ1) is 12.2. The van der Waals surface area contributed by atoms with Crippen molar-refractivity contribution in [1.82, 2.24) is 0 Å². The molecule has 0 atom stereocenters. The number of para-hydroxylation sites is 1. The van der Waals surface area contributed by atoms with E-state index in [1.54, 1.807) is 12.1 Å². The van der Waals surface area contributed by atoms with E-state index in [1.807, 2.05) is 18.4 Å². The molecule has 2 aromatic carbocycles. The van der Waals surface area contributed by atoms with Gasteiger partial charge in [-0.1, -0.05) is 23.7 Å². The SMILES string of the molecule is CSc1ccccc1NC(=O)COC(=O)c1cc(S(C)(=O)=O)ccc1Cl. The van der Waals surface area contributed by atoms with Crippen LogP contribution in [0, 0.1) is 0 Å². The number of nitrogens with one attached hydrogen (secondary N) is 1. The number of hydrogen-bond donors (Lipinski definition) is 1. The normalized spacial score (nSPS) is 11.0. The summed E-state index contributed by atoms with van der Waals surface area (Å²) in [5, 5.41) is 2.69. The number of sulfone groups is 1. The van der Waals surface area contributed by atoms with Crippen molar-refractivity contribution in [2.24, 2.45) is 0 Å². The number of thioether (sulfide) groups is 1. The van der Waals surface area contributed by atoms with Crippen LogP contribution in [-0.4, -0.2) is 39.4 Å². The molecule has 26 heavy (non-hydrogen) atoms. The molecule has 6 nitrogen and oxygen atoms in total. The molecule has 138 valence electrons. The molecular formula is C17H16ClNO5S2. The van der Waals surface area contributed by atoms with Crippen LogP contribution >= 0.6 is 23.4 Å². The van der Waals surface area contributed by atoms with Gasteiger partial charge in [0.15, 0.2) is 16.4 Å². The topological polar surface area (TPSA) is 89.5 Å². The Morgan fingerprint density at radius 1 is 1.19 bits per heavy atom. The summed E-state index contributed by atoms with van der Waals surface area (Å²) in [4.78, 5) is 24.9. The number of rotatable bonds is 6. The van der Waals surface area contributed by atoms with Gasteiger partial charge in [-0.2, -0.15) is 0 Å². The van der Waals surface area contributed by atoms with E-state index in [4.69, 9.17) is 16.3 Å². The monoisotopic (exact) mass is 413 g/mol. The smallest absolute Gasteiger partial charge is 0.340 e. The van der Waals surface area contributed by atoms with E-state index in [9.17, 15) is 18.0 Å². The average Bonchev–Trinajstić information content (AvgIpc) is 2.59. The number of hydrogen-bond acceptors (Lipinski definition) is 6. The van der Waals surface area contributed by atoms with Crippen LogP contribution in [0.25, 0.3) is 0 Å². The highest BCUT2D eigenvalue weighted by molar-refractivity contribution is 7.98. The molecule has 0 saturated heterocycles. The Hall–Kier alpha value is -2.03.